The smallest absolute Gasteiger partial charge is 0.264 e. The van der Waals surface area contributed by atoms with Crippen LogP contribution in [-0.4, -0.2) is 13.4 Å². The maximum Gasteiger partial charge on any atom is 0.264 e. The van der Waals surface area contributed by atoms with Crippen LogP contribution >= 0.6 is 27.3 Å². The van der Waals surface area contributed by atoms with Gasteiger partial charge < -0.3 is 5.73 Å². The maximum absolute atomic E-state index is 12.2. The van der Waals surface area contributed by atoms with Gasteiger partial charge in [0.2, 0.25) is 0 Å². The summed E-state index contributed by atoms with van der Waals surface area (Å²) in [5, 5.41) is 2.02. The Balaban J connectivity index is 2.48. The first-order valence-electron chi connectivity index (χ1n) is 4.88. The summed E-state index contributed by atoms with van der Waals surface area (Å²) < 4.78 is 27.4. The van der Waals surface area contributed by atoms with Gasteiger partial charge in [-0.2, -0.15) is 0 Å². The van der Waals surface area contributed by atoms with Gasteiger partial charge in [0.15, 0.2) is 5.13 Å². The van der Waals surface area contributed by atoms with E-state index in [1.807, 2.05) is 0 Å². The van der Waals surface area contributed by atoms with Gasteiger partial charge in [0.05, 0.1) is 4.90 Å². The van der Waals surface area contributed by atoms with Crippen molar-refractivity contribution in [3.63, 3.8) is 0 Å². The number of hydrogen-bond donors (Lipinski definition) is 2. The average Bonchev–Trinajstić information content (AvgIpc) is 2.75. The maximum atomic E-state index is 12.2. The zero-order valence-corrected chi connectivity index (χ0v) is 12.6. The number of nitrogens with two attached hydrogens (primary N) is 1. The summed E-state index contributed by atoms with van der Waals surface area (Å²) in [6.07, 6.45) is 1.53. The molecule has 3 N–H and O–H groups in total. The highest BCUT2D eigenvalue weighted by Crippen LogP contribution is 2.28. The van der Waals surface area contributed by atoms with E-state index in [1.54, 1.807) is 18.4 Å². The van der Waals surface area contributed by atoms with Gasteiger partial charge in [-0.3, -0.25) is 4.72 Å². The summed E-state index contributed by atoms with van der Waals surface area (Å²) in [4.78, 5) is 4.03. The number of aromatic nitrogens is 1. The summed E-state index contributed by atoms with van der Waals surface area (Å²) in [5.41, 5.74) is 6.69. The van der Waals surface area contributed by atoms with E-state index in [0.717, 1.165) is 0 Å². The molecule has 1 heterocycles. The summed E-state index contributed by atoms with van der Waals surface area (Å²) in [7, 11) is -3.67. The Morgan fingerprint density at radius 3 is 2.78 bits per heavy atom. The minimum Gasteiger partial charge on any atom is -0.398 e. The molecule has 0 aliphatic carbocycles. The number of halogens is 1. The fourth-order valence-corrected chi connectivity index (χ4v) is 4.11. The quantitative estimate of drug-likeness (QED) is 0.835. The van der Waals surface area contributed by atoms with Gasteiger partial charge >= 0.3 is 0 Å². The SMILES string of the molecule is Cc1c(N)cc(Br)cc1S(=O)(=O)Nc1nccs1. The first-order chi connectivity index (χ1) is 8.40. The van der Waals surface area contributed by atoms with Crippen LogP contribution in [0.2, 0.25) is 0 Å². The number of rotatable bonds is 3. The molecule has 2 aromatic rings. The van der Waals surface area contributed by atoms with E-state index in [0.29, 0.717) is 20.9 Å². The van der Waals surface area contributed by atoms with Crippen molar-refractivity contribution in [2.24, 2.45) is 0 Å². The highest BCUT2D eigenvalue weighted by molar-refractivity contribution is 9.10. The van der Waals surface area contributed by atoms with Crippen molar-refractivity contribution in [1.29, 1.82) is 0 Å². The number of benzene rings is 1. The van der Waals surface area contributed by atoms with Crippen molar-refractivity contribution in [3.8, 4) is 0 Å². The van der Waals surface area contributed by atoms with Crippen LogP contribution in [0.1, 0.15) is 5.56 Å². The number of sulfonamides is 1. The van der Waals surface area contributed by atoms with Gasteiger partial charge in [0, 0.05) is 21.7 Å². The molecule has 0 fully saturated rings. The lowest BCUT2D eigenvalue weighted by Gasteiger charge is -2.10. The first kappa shape index (κ1) is 13.3. The number of anilines is 2. The molecule has 1 aromatic heterocycles. The predicted octanol–water partition coefficient (Wildman–Crippen LogP) is 2.60. The summed E-state index contributed by atoms with van der Waals surface area (Å²) in [6.45, 7) is 1.66. The van der Waals surface area contributed by atoms with E-state index in [-0.39, 0.29) is 4.90 Å². The van der Waals surface area contributed by atoms with Crippen molar-refractivity contribution in [1.82, 2.24) is 4.98 Å². The molecule has 0 saturated carbocycles. The zero-order chi connectivity index (χ0) is 13.3. The predicted molar refractivity (Wildman–Crippen MR) is 76.2 cm³/mol. The lowest BCUT2D eigenvalue weighted by Crippen LogP contribution is -2.15. The van der Waals surface area contributed by atoms with Crippen molar-refractivity contribution in [2.75, 3.05) is 10.5 Å². The molecule has 0 aliphatic heterocycles. The van der Waals surface area contributed by atoms with Gasteiger partial charge in [0.25, 0.3) is 10.0 Å². The highest BCUT2D eigenvalue weighted by atomic mass is 79.9. The van der Waals surface area contributed by atoms with Gasteiger partial charge in [-0.05, 0) is 24.6 Å². The molecule has 0 aliphatic rings. The second kappa shape index (κ2) is 4.87. The third-order valence-electron chi connectivity index (χ3n) is 2.31. The third kappa shape index (κ3) is 2.65. The van der Waals surface area contributed by atoms with Crippen LogP contribution in [0.5, 0.6) is 0 Å². The summed E-state index contributed by atoms with van der Waals surface area (Å²) in [6, 6.07) is 3.18. The van der Waals surface area contributed by atoms with Crippen molar-refractivity contribution in [3.05, 3.63) is 33.7 Å². The number of hydrogen-bond acceptors (Lipinski definition) is 5. The van der Waals surface area contributed by atoms with Crippen LogP contribution < -0.4 is 10.5 Å². The van der Waals surface area contributed by atoms with E-state index in [9.17, 15) is 8.42 Å². The Hall–Kier alpha value is -1.12. The molecule has 0 amide bonds. The number of nitrogens with one attached hydrogen (secondary N) is 1. The van der Waals surface area contributed by atoms with Crippen LogP contribution in [0.15, 0.2) is 33.1 Å². The molecule has 5 nitrogen and oxygen atoms in total. The average molecular weight is 348 g/mol. The summed E-state index contributed by atoms with van der Waals surface area (Å²) in [5.74, 6) is 0. The molecule has 0 unspecified atom stereocenters. The van der Waals surface area contributed by atoms with Crippen LogP contribution in [0.3, 0.4) is 0 Å². The number of nitrogens with zero attached hydrogens (tertiary/aromatic N) is 1. The van der Waals surface area contributed by atoms with Crippen molar-refractivity contribution in [2.45, 2.75) is 11.8 Å². The highest BCUT2D eigenvalue weighted by Gasteiger charge is 2.20. The Kier molecular flexibility index (Phi) is 3.60. The molecule has 0 atom stereocenters. The Bertz CT molecular complexity index is 669. The third-order valence-corrected chi connectivity index (χ3v) is 5.05. The number of nitrogen functional groups attached to an aromatic ring is 1. The molecular weight excluding hydrogens is 338 g/mol. The minimum absolute atomic E-state index is 0.143. The topological polar surface area (TPSA) is 85.1 Å². The molecule has 0 bridgehead atoms. The van der Waals surface area contributed by atoms with Gasteiger partial charge in [-0.1, -0.05) is 15.9 Å². The minimum atomic E-state index is -3.67. The molecular formula is C10H10BrN3O2S2. The molecule has 1 aromatic carbocycles. The molecule has 0 saturated heterocycles. The largest absolute Gasteiger partial charge is 0.398 e. The van der Waals surface area contributed by atoms with Crippen LogP contribution in [0, 0.1) is 6.92 Å². The number of thiazole rings is 1. The second-order valence-electron chi connectivity index (χ2n) is 3.56. The second-order valence-corrected chi connectivity index (χ2v) is 7.02. The van der Waals surface area contributed by atoms with Gasteiger partial charge in [0.1, 0.15) is 0 Å². The van der Waals surface area contributed by atoms with Crippen molar-refractivity contribution < 1.29 is 8.42 Å². The van der Waals surface area contributed by atoms with Crippen LogP contribution in [0.4, 0.5) is 10.8 Å². The zero-order valence-electron chi connectivity index (χ0n) is 9.34. The van der Waals surface area contributed by atoms with Gasteiger partial charge in [-0.25, -0.2) is 13.4 Å². The first-order valence-corrected chi connectivity index (χ1v) is 8.03. The van der Waals surface area contributed by atoms with E-state index < -0.39 is 10.0 Å². The van der Waals surface area contributed by atoms with E-state index in [4.69, 9.17) is 5.73 Å². The molecule has 96 valence electrons. The lowest BCUT2D eigenvalue weighted by atomic mass is 10.2. The van der Waals surface area contributed by atoms with Crippen LogP contribution in [-0.2, 0) is 10.0 Å². The molecule has 8 heteroatoms. The molecule has 0 radical (unpaired) electrons. The van der Waals surface area contributed by atoms with Crippen molar-refractivity contribution >= 4 is 48.1 Å². The summed E-state index contributed by atoms with van der Waals surface area (Å²) >= 11 is 4.45. The Labute approximate surface area is 117 Å². The van der Waals surface area contributed by atoms with Crippen LogP contribution in [0.25, 0.3) is 0 Å². The Morgan fingerprint density at radius 1 is 1.44 bits per heavy atom. The van der Waals surface area contributed by atoms with E-state index in [1.165, 1.54) is 23.6 Å². The molecule has 18 heavy (non-hydrogen) atoms. The standard InChI is InChI=1S/C10H10BrN3O2S2/c1-6-8(12)4-7(11)5-9(6)18(15,16)14-10-13-2-3-17-10/h2-5H,12H2,1H3,(H,13,14). The van der Waals surface area contributed by atoms with E-state index >= 15 is 0 Å². The normalized spacial score (nSPS) is 11.4. The van der Waals surface area contributed by atoms with Gasteiger partial charge in [-0.15, -0.1) is 11.3 Å². The molecule has 2 rings (SSSR count). The Morgan fingerprint density at radius 2 is 2.17 bits per heavy atom. The molecule has 0 spiro atoms. The fraction of sp³-hybridized carbons (Fsp3) is 0.100. The monoisotopic (exact) mass is 347 g/mol. The fourth-order valence-electron chi connectivity index (χ4n) is 1.40. The lowest BCUT2D eigenvalue weighted by molar-refractivity contribution is 0.600. The van der Waals surface area contributed by atoms with E-state index in [2.05, 4.69) is 25.6 Å².